The van der Waals surface area contributed by atoms with Crippen LogP contribution in [0.15, 0.2) is 49.1 Å². The summed E-state index contributed by atoms with van der Waals surface area (Å²) in [4.78, 5) is 23.3. The number of pyridine rings is 2. The molecule has 0 spiro atoms. The summed E-state index contributed by atoms with van der Waals surface area (Å²) in [6, 6.07) is 7.32. The first kappa shape index (κ1) is 12.3. The van der Waals surface area contributed by atoms with Gasteiger partial charge in [0.15, 0.2) is 0 Å². The van der Waals surface area contributed by atoms with Crippen LogP contribution >= 0.6 is 0 Å². The molecule has 0 saturated heterocycles. The summed E-state index contributed by atoms with van der Waals surface area (Å²) in [7, 11) is 0. The minimum atomic E-state index is -0.137. The second kappa shape index (κ2) is 5.13. The SMILES string of the molecule is C[C@@H](NC(=O)c1cccnc1)c1cc2ccncc2[nH]1. The van der Waals surface area contributed by atoms with Crippen molar-refractivity contribution in [3.05, 3.63) is 60.3 Å². The van der Waals surface area contributed by atoms with Gasteiger partial charge in [-0.25, -0.2) is 0 Å². The van der Waals surface area contributed by atoms with Crippen LogP contribution in [-0.4, -0.2) is 20.9 Å². The monoisotopic (exact) mass is 266 g/mol. The summed E-state index contributed by atoms with van der Waals surface area (Å²) in [6.07, 6.45) is 6.72. The van der Waals surface area contributed by atoms with Gasteiger partial charge in [-0.05, 0) is 31.2 Å². The Hall–Kier alpha value is -2.69. The van der Waals surface area contributed by atoms with Crippen molar-refractivity contribution in [2.45, 2.75) is 13.0 Å². The number of fused-ring (bicyclic) bond motifs is 1. The molecule has 2 N–H and O–H groups in total. The third-order valence-corrected chi connectivity index (χ3v) is 3.18. The van der Waals surface area contributed by atoms with Gasteiger partial charge < -0.3 is 10.3 Å². The predicted molar refractivity (Wildman–Crippen MR) is 76.2 cm³/mol. The fourth-order valence-corrected chi connectivity index (χ4v) is 2.08. The molecule has 100 valence electrons. The van der Waals surface area contributed by atoms with E-state index in [0.717, 1.165) is 16.6 Å². The van der Waals surface area contributed by atoms with Crippen molar-refractivity contribution in [3.8, 4) is 0 Å². The number of H-pyrrole nitrogens is 1. The Balaban J connectivity index is 1.79. The zero-order valence-electron chi connectivity index (χ0n) is 11.0. The Morgan fingerprint density at radius 1 is 1.25 bits per heavy atom. The van der Waals surface area contributed by atoms with Gasteiger partial charge in [-0.15, -0.1) is 0 Å². The van der Waals surface area contributed by atoms with Crippen molar-refractivity contribution in [3.63, 3.8) is 0 Å². The summed E-state index contributed by atoms with van der Waals surface area (Å²) in [6.45, 7) is 1.94. The minimum absolute atomic E-state index is 0.116. The normalized spacial score (nSPS) is 12.2. The van der Waals surface area contributed by atoms with Crippen LogP contribution < -0.4 is 5.32 Å². The van der Waals surface area contributed by atoms with E-state index in [2.05, 4.69) is 20.3 Å². The molecule has 0 saturated carbocycles. The highest BCUT2D eigenvalue weighted by Crippen LogP contribution is 2.19. The number of amides is 1. The fraction of sp³-hybridized carbons (Fsp3) is 0.133. The molecule has 3 aromatic rings. The van der Waals surface area contributed by atoms with E-state index in [4.69, 9.17) is 0 Å². The van der Waals surface area contributed by atoms with Crippen molar-refractivity contribution in [2.24, 2.45) is 0 Å². The summed E-state index contributed by atoms with van der Waals surface area (Å²) < 4.78 is 0. The van der Waals surface area contributed by atoms with Gasteiger partial charge in [-0.1, -0.05) is 0 Å². The second-order valence-electron chi connectivity index (χ2n) is 4.62. The quantitative estimate of drug-likeness (QED) is 0.765. The maximum Gasteiger partial charge on any atom is 0.253 e. The number of aromatic nitrogens is 3. The average Bonchev–Trinajstić information content (AvgIpc) is 2.92. The number of carbonyl (C=O) groups excluding carboxylic acids is 1. The Labute approximate surface area is 116 Å². The molecule has 0 fully saturated rings. The van der Waals surface area contributed by atoms with Crippen LogP contribution in [0.5, 0.6) is 0 Å². The lowest BCUT2D eigenvalue weighted by Gasteiger charge is -2.12. The lowest BCUT2D eigenvalue weighted by Crippen LogP contribution is -2.26. The molecule has 3 rings (SSSR count). The number of nitrogens with one attached hydrogen (secondary N) is 2. The van der Waals surface area contributed by atoms with Gasteiger partial charge in [0.05, 0.1) is 23.3 Å². The molecule has 0 bridgehead atoms. The van der Waals surface area contributed by atoms with E-state index in [1.807, 2.05) is 19.1 Å². The maximum absolute atomic E-state index is 12.1. The summed E-state index contributed by atoms with van der Waals surface area (Å²) >= 11 is 0. The average molecular weight is 266 g/mol. The van der Waals surface area contributed by atoms with Gasteiger partial charge >= 0.3 is 0 Å². The number of hydrogen-bond acceptors (Lipinski definition) is 3. The molecule has 0 unspecified atom stereocenters. The van der Waals surface area contributed by atoms with E-state index >= 15 is 0 Å². The third kappa shape index (κ3) is 2.38. The first-order valence-electron chi connectivity index (χ1n) is 6.37. The number of rotatable bonds is 3. The molecule has 1 amide bonds. The molecule has 0 aliphatic heterocycles. The number of aromatic amines is 1. The smallest absolute Gasteiger partial charge is 0.253 e. The van der Waals surface area contributed by atoms with Crippen LogP contribution in [0.4, 0.5) is 0 Å². The fourth-order valence-electron chi connectivity index (χ4n) is 2.08. The Morgan fingerprint density at radius 2 is 2.10 bits per heavy atom. The largest absolute Gasteiger partial charge is 0.355 e. The molecule has 3 heterocycles. The molecule has 3 aromatic heterocycles. The Morgan fingerprint density at radius 3 is 2.85 bits per heavy atom. The van der Waals surface area contributed by atoms with Crippen molar-refractivity contribution in [1.82, 2.24) is 20.3 Å². The van der Waals surface area contributed by atoms with E-state index in [1.165, 1.54) is 0 Å². The highest BCUT2D eigenvalue weighted by atomic mass is 16.1. The zero-order valence-corrected chi connectivity index (χ0v) is 11.0. The standard InChI is InChI=1S/C15H14N4O/c1-10(18-15(20)12-3-2-5-16-8-12)13-7-11-4-6-17-9-14(11)19-13/h2-10,19H,1H3,(H,18,20)/t10-/m1/s1. The Bertz CT molecular complexity index is 703. The van der Waals surface area contributed by atoms with Gasteiger partial charge in [-0.2, -0.15) is 0 Å². The number of carbonyl (C=O) groups is 1. The van der Waals surface area contributed by atoms with Crippen LogP contribution in [-0.2, 0) is 0 Å². The molecule has 5 heteroatoms. The Kier molecular flexibility index (Phi) is 3.16. The molecule has 0 radical (unpaired) electrons. The molecule has 0 aliphatic carbocycles. The van der Waals surface area contributed by atoms with Gasteiger partial charge in [0.2, 0.25) is 0 Å². The topological polar surface area (TPSA) is 70.7 Å². The van der Waals surface area contributed by atoms with Crippen molar-refractivity contribution >= 4 is 16.8 Å². The van der Waals surface area contributed by atoms with Crippen LogP contribution in [0.25, 0.3) is 10.9 Å². The molecule has 5 nitrogen and oxygen atoms in total. The first-order chi connectivity index (χ1) is 9.74. The van der Waals surface area contributed by atoms with Gasteiger partial charge in [0.25, 0.3) is 5.91 Å². The molecular weight excluding hydrogens is 252 g/mol. The lowest BCUT2D eigenvalue weighted by atomic mass is 10.2. The van der Waals surface area contributed by atoms with Gasteiger partial charge in [-0.3, -0.25) is 14.8 Å². The van der Waals surface area contributed by atoms with E-state index < -0.39 is 0 Å². The second-order valence-corrected chi connectivity index (χ2v) is 4.62. The molecule has 1 atom stereocenters. The lowest BCUT2D eigenvalue weighted by molar-refractivity contribution is 0.0939. The number of hydrogen-bond donors (Lipinski definition) is 2. The van der Waals surface area contributed by atoms with Crippen LogP contribution in [0.1, 0.15) is 29.0 Å². The van der Waals surface area contributed by atoms with Crippen LogP contribution in [0.2, 0.25) is 0 Å². The van der Waals surface area contributed by atoms with E-state index in [0.29, 0.717) is 5.56 Å². The summed E-state index contributed by atoms with van der Waals surface area (Å²) in [5.74, 6) is -0.137. The molecule has 0 aliphatic rings. The van der Waals surface area contributed by atoms with Gasteiger partial charge in [0, 0.05) is 29.7 Å². The molecular formula is C15H14N4O. The zero-order chi connectivity index (χ0) is 13.9. The molecule has 0 aromatic carbocycles. The van der Waals surface area contributed by atoms with E-state index in [9.17, 15) is 4.79 Å². The summed E-state index contributed by atoms with van der Waals surface area (Å²) in [5.41, 5.74) is 2.47. The predicted octanol–water partition coefficient (Wildman–Crippen LogP) is 2.45. The van der Waals surface area contributed by atoms with Crippen LogP contribution in [0.3, 0.4) is 0 Å². The van der Waals surface area contributed by atoms with Gasteiger partial charge in [0.1, 0.15) is 0 Å². The number of nitrogens with zero attached hydrogens (tertiary/aromatic N) is 2. The maximum atomic E-state index is 12.1. The molecule has 20 heavy (non-hydrogen) atoms. The van der Waals surface area contributed by atoms with Crippen molar-refractivity contribution in [1.29, 1.82) is 0 Å². The van der Waals surface area contributed by atoms with Crippen LogP contribution in [0, 0.1) is 0 Å². The highest BCUT2D eigenvalue weighted by Gasteiger charge is 2.13. The minimum Gasteiger partial charge on any atom is -0.355 e. The van der Waals surface area contributed by atoms with E-state index in [-0.39, 0.29) is 11.9 Å². The third-order valence-electron chi connectivity index (χ3n) is 3.18. The summed E-state index contributed by atoms with van der Waals surface area (Å²) in [5, 5.41) is 4.02. The van der Waals surface area contributed by atoms with Crippen molar-refractivity contribution in [2.75, 3.05) is 0 Å². The first-order valence-corrected chi connectivity index (χ1v) is 6.37. The highest BCUT2D eigenvalue weighted by molar-refractivity contribution is 5.94. The van der Waals surface area contributed by atoms with E-state index in [1.54, 1.807) is 36.9 Å². The van der Waals surface area contributed by atoms with Crippen molar-refractivity contribution < 1.29 is 4.79 Å².